The van der Waals surface area contributed by atoms with Gasteiger partial charge in [-0.3, -0.25) is 0 Å². The summed E-state index contributed by atoms with van der Waals surface area (Å²) in [5, 5.41) is 0. The van der Waals surface area contributed by atoms with E-state index >= 15 is 0 Å². The Labute approximate surface area is 164 Å². The SMILES string of the molecule is CC[C@@H](NS(=O)(=O)c1cc(C(C)C)c(OC)cc1C)c1ccc(C)cc1C. The average Bonchev–Trinajstić information content (AvgIpc) is 2.59. The van der Waals surface area contributed by atoms with E-state index in [2.05, 4.69) is 10.8 Å². The first-order chi connectivity index (χ1) is 12.6. The summed E-state index contributed by atoms with van der Waals surface area (Å²) < 4.78 is 34.7. The third-order valence-corrected chi connectivity index (χ3v) is 6.56. The molecule has 2 rings (SSSR count). The van der Waals surface area contributed by atoms with E-state index < -0.39 is 10.0 Å². The highest BCUT2D eigenvalue weighted by Crippen LogP contribution is 2.32. The van der Waals surface area contributed by atoms with Crippen LogP contribution in [-0.2, 0) is 10.0 Å². The normalized spacial score (nSPS) is 13.0. The number of nitrogens with one attached hydrogen (secondary N) is 1. The minimum atomic E-state index is -3.66. The van der Waals surface area contributed by atoms with Crippen LogP contribution in [0.15, 0.2) is 35.2 Å². The number of sulfonamides is 1. The molecule has 27 heavy (non-hydrogen) atoms. The smallest absolute Gasteiger partial charge is 0.241 e. The molecule has 1 atom stereocenters. The second-order valence-electron chi connectivity index (χ2n) is 7.46. The average molecular weight is 390 g/mol. The summed E-state index contributed by atoms with van der Waals surface area (Å²) in [5.41, 5.74) is 4.85. The van der Waals surface area contributed by atoms with E-state index in [4.69, 9.17) is 4.74 Å². The maximum Gasteiger partial charge on any atom is 0.241 e. The Hall–Kier alpha value is -1.85. The summed E-state index contributed by atoms with van der Waals surface area (Å²) >= 11 is 0. The molecule has 0 heterocycles. The topological polar surface area (TPSA) is 55.4 Å². The van der Waals surface area contributed by atoms with Gasteiger partial charge in [0.15, 0.2) is 0 Å². The van der Waals surface area contributed by atoms with Crippen molar-refractivity contribution in [2.45, 2.75) is 64.8 Å². The molecule has 4 nitrogen and oxygen atoms in total. The Morgan fingerprint density at radius 3 is 2.19 bits per heavy atom. The fraction of sp³-hybridized carbons (Fsp3) is 0.455. The van der Waals surface area contributed by atoms with E-state index in [1.165, 1.54) is 5.56 Å². The van der Waals surface area contributed by atoms with Crippen molar-refractivity contribution in [1.29, 1.82) is 0 Å². The monoisotopic (exact) mass is 389 g/mol. The lowest BCUT2D eigenvalue weighted by molar-refractivity contribution is 0.406. The lowest BCUT2D eigenvalue weighted by Crippen LogP contribution is -2.29. The first-order valence-corrected chi connectivity index (χ1v) is 10.9. The zero-order valence-electron chi connectivity index (χ0n) is 17.4. The largest absolute Gasteiger partial charge is 0.496 e. The Morgan fingerprint density at radius 2 is 1.67 bits per heavy atom. The molecule has 0 aliphatic carbocycles. The Kier molecular flexibility index (Phi) is 6.71. The highest BCUT2D eigenvalue weighted by molar-refractivity contribution is 7.89. The lowest BCUT2D eigenvalue weighted by Gasteiger charge is -2.22. The number of hydrogen-bond acceptors (Lipinski definition) is 3. The highest BCUT2D eigenvalue weighted by atomic mass is 32.2. The second kappa shape index (κ2) is 8.44. The summed E-state index contributed by atoms with van der Waals surface area (Å²) in [4.78, 5) is 0.315. The maximum absolute atomic E-state index is 13.2. The first kappa shape index (κ1) is 21.5. The van der Waals surface area contributed by atoms with Crippen LogP contribution in [0.2, 0.25) is 0 Å². The van der Waals surface area contributed by atoms with Crippen molar-refractivity contribution in [3.05, 3.63) is 58.1 Å². The molecule has 0 saturated heterocycles. The van der Waals surface area contributed by atoms with E-state index in [1.54, 1.807) is 20.1 Å². The van der Waals surface area contributed by atoms with E-state index in [-0.39, 0.29) is 12.0 Å². The van der Waals surface area contributed by atoms with Gasteiger partial charge in [-0.2, -0.15) is 0 Å². The number of ether oxygens (including phenoxy) is 1. The Morgan fingerprint density at radius 1 is 1.00 bits per heavy atom. The zero-order valence-corrected chi connectivity index (χ0v) is 18.2. The van der Waals surface area contributed by atoms with Crippen LogP contribution in [0.1, 0.15) is 67.0 Å². The van der Waals surface area contributed by atoms with E-state index in [1.807, 2.05) is 52.8 Å². The van der Waals surface area contributed by atoms with Crippen LogP contribution in [0.25, 0.3) is 0 Å². The van der Waals surface area contributed by atoms with Gasteiger partial charge in [0.2, 0.25) is 10.0 Å². The molecule has 0 radical (unpaired) electrons. The van der Waals surface area contributed by atoms with Crippen molar-refractivity contribution in [3.8, 4) is 5.75 Å². The first-order valence-electron chi connectivity index (χ1n) is 9.38. The molecule has 0 spiro atoms. The molecule has 0 fully saturated rings. The van der Waals surface area contributed by atoms with Crippen molar-refractivity contribution in [2.75, 3.05) is 7.11 Å². The fourth-order valence-electron chi connectivity index (χ4n) is 3.43. The molecule has 0 aromatic heterocycles. The van der Waals surface area contributed by atoms with E-state index in [9.17, 15) is 8.42 Å². The molecule has 0 aliphatic heterocycles. The summed E-state index contributed by atoms with van der Waals surface area (Å²) in [7, 11) is -2.05. The summed E-state index contributed by atoms with van der Waals surface area (Å²) in [6, 6.07) is 9.41. The standard InChI is InChI=1S/C22H31NO3S/c1-8-20(18-10-9-15(4)11-16(18)5)23-27(24,25)22-13-19(14(2)3)21(26-7)12-17(22)6/h9-14,20,23H,8H2,1-7H3/t20-/m1/s1. The number of rotatable bonds is 7. The lowest BCUT2D eigenvalue weighted by atomic mass is 9.98. The molecule has 0 amide bonds. The van der Waals surface area contributed by atoms with Gasteiger partial charge < -0.3 is 4.74 Å². The number of hydrogen-bond donors (Lipinski definition) is 1. The van der Waals surface area contributed by atoms with Crippen molar-refractivity contribution < 1.29 is 13.2 Å². The minimum Gasteiger partial charge on any atom is -0.496 e. The quantitative estimate of drug-likeness (QED) is 0.710. The van der Waals surface area contributed by atoms with Crippen molar-refractivity contribution in [2.24, 2.45) is 0 Å². The van der Waals surface area contributed by atoms with Crippen molar-refractivity contribution in [3.63, 3.8) is 0 Å². The van der Waals surface area contributed by atoms with Gasteiger partial charge in [0.05, 0.1) is 12.0 Å². The van der Waals surface area contributed by atoms with Gasteiger partial charge >= 0.3 is 0 Å². The predicted octanol–water partition coefficient (Wildman–Crippen LogP) is 5.17. The molecule has 148 valence electrons. The third kappa shape index (κ3) is 4.71. The zero-order chi connectivity index (χ0) is 20.4. The summed E-state index contributed by atoms with van der Waals surface area (Å²) in [5.74, 6) is 0.888. The van der Waals surface area contributed by atoms with Gasteiger partial charge in [0.1, 0.15) is 5.75 Å². The van der Waals surface area contributed by atoms with E-state index in [0.717, 1.165) is 22.4 Å². The summed E-state index contributed by atoms with van der Waals surface area (Å²) in [6.07, 6.45) is 0.676. The van der Waals surface area contributed by atoms with Crippen LogP contribution >= 0.6 is 0 Å². The molecule has 0 unspecified atom stereocenters. The molecule has 1 N–H and O–H groups in total. The number of methoxy groups -OCH3 is 1. The van der Waals surface area contributed by atoms with Gasteiger partial charge in [0.25, 0.3) is 0 Å². The van der Waals surface area contributed by atoms with Crippen LogP contribution < -0.4 is 9.46 Å². The predicted molar refractivity (Wildman–Crippen MR) is 111 cm³/mol. The van der Waals surface area contributed by atoms with E-state index in [0.29, 0.717) is 16.9 Å². The molecule has 0 aliphatic rings. The third-order valence-electron chi connectivity index (χ3n) is 4.95. The number of aryl methyl sites for hydroxylation is 3. The van der Waals surface area contributed by atoms with Crippen LogP contribution in [-0.4, -0.2) is 15.5 Å². The van der Waals surface area contributed by atoms with Gasteiger partial charge in [0, 0.05) is 6.04 Å². The minimum absolute atomic E-state index is 0.163. The van der Waals surface area contributed by atoms with Crippen LogP contribution in [0, 0.1) is 20.8 Å². The Balaban J connectivity index is 2.47. The van der Waals surface area contributed by atoms with Gasteiger partial charge in [-0.15, -0.1) is 0 Å². The number of benzene rings is 2. The molecule has 2 aromatic rings. The van der Waals surface area contributed by atoms with Gasteiger partial charge in [-0.05, 0) is 67.5 Å². The molecule has 2 aromatic carbocycles. The molecular weight excluding hydrogens is 358 g/mol. The molecule has 0 bridgehead atoms. The van der Waals surface area contributed by atoms with Gasteiger partial charge in [-0.1, -0.05) is 44.5 Å². The Bertz CT molecular complexity index is 917. The highest BCUT2D eigenvalue weighted by Gasteiger charge is 2.25. The maximum atomic E-state index is 13.2. The second-order valence-corrected chi connectivity index (χ2v) is 9.14. The molecule has 5 heteroatoms. The molecular formula is C22H31NO3S. The van der Waals surface area contributed by atoms with Crippen LogP contribution in [0.4, 0.5) is 0 Å². The van der Waals surface area contributed by atoms with Crippen molar-refractivity contribution >= 4 is 10.0 Å². The molecule has 0 saturated carbocycles. The van der Waals surface area contributed by atoms with Crippen molar-refractivity contribution in [1.82, 2.24) is 4.72 Å². The fourth-order valence-corrected chi connectivity index (χ4v) is 4.99. The van der Waals surface area contributed by atoms with Gasteiger partial charge in [-0.25, -0.2) is 13.1 Å². The van der Waals surface area contributed by atoms with Crippen LogP contribution in [0.5, 0.6) is 5.75 Å². The summed E-state index contributed by atoms with van der Waals surface area (Å²) in [6.45, 7) is 11.9. The van der Waals surface area contributed by atoms with Crippen LogP contribution in [0.3, 0.4) is 0 Å².